The van der Waals surface area contributed by atoms with Gasteiger partial charge in [0.1, 0.15) is 0 Å². The van der Waals surface area contributed by atoms with E-state index in [9.17, 15) is 4.79 Å². The van der Waals surface area contributed by atoms with Gasteiger partial charge < -0.3 is 5.73 Å². The molecule has 1 atom stereocenters. The van der Waals surface area contributed by atoms with Crippen LogP contribution in [0.3, 0.4) is 0 Å². The molecule has 1 aliphatic carbocycles. The van der Waals surface area contributed by atoms with Gasteiger partial charge in [0.15, 0.2) is 5.78 Å². The van der Waals surface area contributed by atoms with E-state index in [1.54, 1.807) is 19.1 Å². The van der Waals surface area contributed by atoms with Crippen molar-refractivity contribution in [3.63, 3.8) is 0 Å². The van der Waals surface area contributed by atoms with E-state index in [2.05, 4.69) is 0 Å². The molecule has 0 fully saturated rings. The minimum atomic E-state index is -0.708. The van der Waals surface area contributed by atoms with Crippen molar-refractivity contribution in [1.29, 1.82) is 0 Å². The van der Waals surface area contributed by atoms with Gasteiger partial charge in [-0.2, -0.15) is 0 Å². The predicted molar refractivity (Wildman–Crippen MR) is 63.9 cm³/mol. The van der Waals surface area contributed by atoms with Crippen LogP contribution in [-0.2, 0) is 6.42 Å². The van der Waals surface area contributed by atoms with Gasteiger partial charge in [-0.05, 0) is 43.5 Å². The van der Waals surface area contributed by atoms with Crippen molar-refractivity contribution in [2.24, 2.45) is 5.73 Å². The number of halogens is 2. The smallest absolute Gasteiger partial charge is 0.182 e. The number of Topliss-reactive ketones (excluding diaryl/α,β-unsaturated/α-hetero) is 1. The van der Waals surface area contributed by atoms with Crippen LogP contribution in [0.25, 0.3) is 0 Å². The molecule has 2 nitrogen and oxygen atoms in total. The van der Waals surface area contributed by atoms with E-state index in [0.717, 1.165) is 17.5 Å². The largest absolute Gasteiger partial charge is 0.319 e. The van der Waals surface area contributed by atoms with Crippen LogP contribution in [0, 0.1) is 0 Å². The molecule has 0 heterocycles. The zero-order valence-corrected chi connectivity index (χ0v) is 9.99. The number of carbonyl (C=O) groups is 1. The lowest BCUT2D eigenvalue weighted by Gasteiger charge is -2.29. The van der Waals surface area contributed by atoms with Crippen LogP contribution in [-0.4, -0.2) is 11.3 Å². The van der Waals surface area contributed by atoms with Gasteiger partial charge >= 0.3 is 0 Å². The quantitative estimate of drug-likeness (QED) is 0.764. The van der Waals surface area contributed by atoms with Gasteiger partial charge in [-0.3, -0.25) is 4.79 Å². The van der Waals surface area contributed by atoms with E-state index in [-0.39, 0.29) is 18.2 Å². The molecule has 1 aromatic carbocycles. The van der Waals surface area contributed by atoms with Crippen molar-refractivity contribution in [2.75, 3.05) is 0 Å². The van der Waals surface area contributed by atoms with Crippen LogP contribution in [0.5, 0.6) is 0 Å². The van der Waals surface area contributed by atoms with Gasteiger partial charge in [-0.15, -0.1) is 12.4 Å². The Kier molecular flexibility index (Phi) is 3.44. The Morgan fingerprint density at radius 2 is 2.13 bits per heavy atom. The van der Waals surface area contributed by atoms with Gasteiger partial charge in [-0.25, -0.2) is 0 Å². The summed E-state index contributed by atoms with van der Waals surface area (Å²) in [5, 5.41) is 0.678. The summed E-state index contributed by atoms with van der Waals surface area (Å²) in [5.41, 5.74) is 6.93. The number of nitrogens with two attached hydrogens (primary N) is 1. The first-order valence-electron chi connectivity index (χ1n) is 4.63. The van der Waals surface area contributed by atoms with E-state index >= 15 is 0 Å². The zero-order chi connectivity index (χ0) is 10.3. The Labute approximate surface area is 100 Å². The van der Waals surface area contributed by atoms with Crippen LogP contribution in [0.4, 0.5) is 0 Å². The van der Waals surface area contributed by atoms with Crippen LogP contribution < -0.4 is 5.73 Å². The Morgan fingerprint density at radius 1 is 1.47 bits per heavy atom. The maximum Gasteiger partial charge on any atom is 0.182 e. The molecule has 2 rings (SSSR count). The molecule has 4 heteroatoms. The van der Waals surface area contributed by atoms with Crippen molar-refractivity contribution in [1.82, 2.24) is 0 Å². The summed E-state index contributed by atoms with van der Waals surface area (Å²) in [4.78, 5) is 11.9. The molecule has 0 saturated heterocycles. The zero-order valence-electron chi connectivity index (χ0n) is 8.42. The van der Waals surface area contributed by atoms with E-state index in [1.165, 1.54) is 0 Å². The molecular formula is C11H13Cl2NO. The van der Waals surface area contributed by atoms with Gasteiger partial charge in [0.05, 0.1) is 5.54 Å². The van der Waals surface area contributed by atoms with Gasteiger partial charge in [0.25, 0.3) is 0 Å². The lowest BCUT2D eigenvalue weighted by atomic mass is 9.79. The molecule has 2 N–H and O–H groups in total. The number of rotatable bonds is 0. The van der Waals surface area contributed by atoms with Crippen LogP contribution >= 0.6 is 24.0 Å². The molecule has 15 heavy (non-hydrogen) atoms. The lowest BCUT2D eigenvalue weighted by Crippen LogP contribution is -2.48. The third-order valence-electron chi connectivity index (χ3n) is 2.74. The molecule has 0 aromatic heterocycles. The molecular weight excluding hydrogens is 233 g/mol. The van der Waals surface area contributed by atoms with E-state index in [4.69, 9.17) is 17.3 Å². The second-order valence-electron chi connectivity index (χ2n) is 4.05. The number of ketones is 1. The number of fused-ring (bicyclic) bond motifs is 1. The number of aryl methyl sites for hydroxylation is 1. The van der Waals surface area contributed by atoms with E-state index < -0.39 is 5.54 Å². The first kappa shape index (κ1) is 12.5. The number of benzene rings is 1. The molecule has 0 spiro atoms. The summed E-state index contributed by atoms with van der Waals surface area (Å²) in [5.74, 6) is 0.0235. The van der Waals surface area contributed by atoms with Crippen molar-refractivity contribution in [3.05, 3.63) is 34.3 Å². The fraction of sp³-hybridized carbons (Fsp3) is 0.364. The number of hydrogen-bond donors (Lipinski definition) is 1. The Balaban J connectivity index is 0.00000112. The molecule has 0 aliphatic heterocycles. The lowest BCUT2D eigenvalue weighted by molar-refractivity contribution is 0.0882. The molecule has 0 saturated carbocycles. The van der Waals surface area contributed by atoms with E-state index in [1.807, 2.05) is 6.07 Å². The van der Waals surface area contributed by atoms with Crippen molar-refractivity contribution in [2.45, 2.75) is 25.3 Å². The molecule has 82 valence electrons. The molecule has 0 bridgehead atoms. The number of carbonyl (C=O) groups excluding carboxylic acids is 1. The normalized spacial score (nSPS) is 24.3. The third-order valence-corrected chi connectivity index (χ3v) is 2.98. The summed E-state index contributed by atoms with van der Waals surface area (Å²) in [6, 6.07) is 5.36. The third kappa shape index (κ3) is 2.17. The minimum Gasteiger partial charge on any atom is -0.319 e. The highest BCUT2D eigenvalue weighted by Crippen LogP contribution is 2.28. The summed E-state index contributed by atoms with van der Waals surface area (Å²) < 4.78 is 0. The molecule has 1 aliphatic rings. The van der Waals surface area contributed by atoms with Crippen LogP contribution in [0.2, 0.25) is 5.02 Å². The molecule has 0 amide bonds. The average Bonchev–Trinajstić information content (AvgIpc) is 2.12. The maximum absolute atomic E-state index is 11.9. The summed E-state index contributed by atoms with van der Waals surface area (Å²) in [7, 11) is 0. The topological polar surface area (TPSA) is 43.1 Å². The summed E-state index contributed by atoms with van der Waals surface area (Å²) in [6.45, 7) is 1.78. The Bertz CT molecular complexity index is 402. The van der Waals surface area contributed by atoms with Crippen LogP contribution in [0.1, 0.15) is 29.3 Å². The second kappa shape index (κ2) is 4.12. The highest BCUT2D eigenvalue weighted by Gasteiger charge is 2.34. The first-order valence-corrected chi connectivity index (χ1v) is 5.00. The number of hydrogen-bond acceptors (Lipinski definition) is 2. The van der Waals surface area contributed by atoms with Crippen LogP contribution in [0.15, 0.2) is 18.2 Å². The molecule has 1 aromatic rings. The van der Waals surface area contributed by atoms with Crippen molar-refractivity contribution >= 4 is 29.8 Å². The van der Waals surface area contributed by atoms with E-state index in [0.29, 0.717) is 11.4 Å². The second-order valence-corrected chi connectivity index (χ2v) is 4.48. The minimum absolute atomic E-state index is 0. The summed E-state index contributed by atoms with van der Waals surface area (Å²) in [6.07, 6.45) is 1.52. The molecule has 0 radical (unpaired) electrons. The maximum atomic E-state index is 11.9. The van der Waals surface area contributed by atoms with Crippen molar-refractivity contribution in [3.8, 4) is 0 Å². The highest BCUT2D eigenvalue weighted by atomic mass is 35.5. The van der Waals surface area contributed by atoms with Gasteiger partial charge in [0.2, 0.25) is 0 Å². The van der Waals surface area contributed by atoms with Gasteiger partial charge in [-0.1, -0.05) is 11.6 Å². The SMILES string of the molecule is CC1(N)CCc2cc(Cl)ccc2C1=O.Cl. The fourth-order valence-corrected chi connectivity index (χ4v) is 2.00. The van der Waals surface area contributed by atoms with Gasteiger partial charge in [0, 0.05) is 10.6 Å². The first-order chi connectivity index (χ1) is 6.50. The predicted octanol–water partition coefficient (Wildman–Crippen LogP) is 2.61. The average molecular weight is 246 g/mol. The Morgan fingerprint density at radius 3 is 2.80 bits per heavy atom. The Hall–Kier alpha value is -0.570. The fourth-order valence-electron chi connectivity index (χ4n) is 1.81. The monoisotopic (exact) mass is 245 g/mol. The highest BCUT2D eigenvalue weighted by molar-refractivity contribution is 6.30. The molecule has 1 unspecified atom stereocenters. The standard InChI is InChI=1S/C11H12ClNO.ClH/c1-11(13)5-4-7-6-8(12)2-3-9(7)10(11)14;/h2-3,6H,4-5,13H2,1H3;1H. The van der Waals surface area contributed by atoms with Crippen molar-refractivity contribution < 1.29 is 4.79 Å². The summed E-state index contributed by atoms with van der Waals surface area (Å²) >= 11 is 5.85.